The van der Waals surface area contributed by atoms with Crippen LogP contribution in [0.4, 0.5) is 4.39 Å². The molecule has 1 fully saturated rings. The molecule has 1 aromatic rings. The van der Waals surface area contributed by atoms with E-state index in [4.69, 9.17) is 0 Å². The summed E-state index contributed by atoms with van der Waals surface area (Å²) in [5, 5.41) is 0. The first-order valence-electron chi connectivity index (χ1n) is 6.37. The number of halogens is 1. The largest absolute Gasteiger partial charge is 0.247 e. The minimum Gasteiger partial charge on any atom is -0.247 e. The van der Waals surface area contributed by atoms with Gasteiger partial charge >= 0.3 is 0 Å². The van der Waals surface area contributed by atoms with E-state index in [-0.39, 0.29) is 5.41 Å². The number of hydrogen-bond donors (Lipinski definition) is 0. The summed E-state index contributed by atoms with van der Waals surface area (Å²) in [7, 11) is 0. The fourth-order valence-corrected chi connectivity index (χ4v) is 3.20. The first-order valence-corrected chi connectivity index (χ1v) is 6.37. The quantitative estimate of drug-likeness (QED) is 0.685. The number of alkyl halides is 1. The molecule has 0 amide bonds. The highest BCUT2D eigenvalue weighted by atomic mass is 19.1. The van der Waals surface area contributed by atoms with Crippen molar-refractivity contribution in [3.8, 4) is 0 Å². The van der Waals surface area contributed by atoms with Gasteiger partial charge in [0.1, 0.15) is 6.17 Å². The molecule has 0 nitrogen and oxygen atoms in total. The van der Waals surface area contributed by atoms with Gasteiger partial charge in [-0.1, -0.05) is 43.5 Å². The lowest BCUT2D eigenvalue weighted by molar-refractivity contribution is 0.150. The third-order valence-electron chi connectivity index (χ3n) is 4.19. The van der Waals surface area contributed by atoms with Gasteiger partial charge in [-0.25, -0.2) is 4.39 Å². The molecule has 0 saturated heterocycles. The molecule has 0 spiro atoms. The third kappa shape index (κ3) is 1.88. The Kier molecular flexibility index (Phi) is 3.32. The fraction of sp³-hybridized carbons (Fsp3) is 0.600. The van der Waals surface area contributed by atoms with Gasteiger partial charge in [-0.05, 0) is 37.8 Å². The molecule has 1 atom stereocenters. The van der Waals surface area contributed by atoms with E-state index in [2.05, 4.69) is 19.1 Å². The molecule has 0 bridgehead atoms. The molecule has 16 heavy (non-hydrogen) atoms. The van der Waals surface area contributed by atoms with Crippen LogP contribution in [0.15, 0.2) is 24.3 Å². The standard InChI is InChI=1S/C15H21F/c1-12-8-4-5-9-14(12)15(13(2)16)10-6-3-7-11-15/h4-5,8-9,13H,3,6-7,10-11H2,1-2H3. The number of aryl methyl sites for hydroxylation is 1. The Balaban J connectivity index is 2.43. The average molecular weight is 220 g/mol. The van der Waals surface area contributed by atoms with Crippen molar-refractivity contribution in [2.45, 2.75) is 57.5 Å². The Bertz CT molecular complexity index is 348. The molecule has 1 saturated carbocycles. The second kappa shape index (κ2) is 4.57. The maximum Gasteiger partial charge on any atom is 0.107 e. The van der Waals surface area contributed by atoms with E-state index in [0.717, 1.165) is 12.8 Å². The van der Waals surface area contributed by atoms with Crippen molar-refractivity contribution < 1.29 is 4.39 Å². The lowest BCUT2D eigenvalue weighted by atomic mass is 9.66. The highest BCUT2D eigenvalue weighted by Crippen LogP contribution is 2.44. The zero-order chi connectivity index (χ0) is 11.6. The summed E-state index contributed by atoms with van der Waals surface area (Å²) in [5.41, 5.74) is 2.28. The molecule has 0 N–H and O–H groups in total. The number of hydrogen-bond acceptors (Lipinski definition) is 0. The monoisotopic (exact) mass is 220 g/mol. The molecule has 1 aliphatic rings. The second-order valence-corrected chi connectivity index (χ2v) is 5.15. The van der Waals surface area contributed by atoms with Crippen molar-refractivity contribution >= 4 is 0 Å². The van der Waals surface area contributed by atoms with Gasteiger partial charge in [0.15, 0.2) is 0 Å². The molecule has 1 aromatic carbocycles. The summed E-state index contributed by atoms with van der Waals surface area (Å²) >= 11 is 0. The van der Waals surface area contributed by atoms with Crippen molar-refractivity contribution in [2.75, 3.05) is 0 Å². The van der Waals surface area contributed by atoms with Gasteiger partial charge in [0.25, 0.3) is 0 Å². The van der Waals surface area contributed by atoms with E-state index in [0.29, 0.717) is 0 Å². The van der Waals surface area contributed by atoms with Crippen LogP contribution in [-0.2, 0) is 5.41 Å². The normalized spacial score (nSPS) is 21.7. The van der Waals surface area contributed by atoms with Crippen LogP contribution < -0.4 is 0 Å². The van der Waals surface area contributed by atoms with Crippen LogP contribution >= 0.6 is 0 Å². The van der Waals surface area contributed by atoms with Crippen molar-refractivity contribution in [1.29, 1.82) is 0 Å². The van der Waals surface area contributed by atoms with Gasteiger partial charge < -0.3 is 0 Å². The summed E-state index contributed by atoms with van der Waals surface area (Å²) in [6, 6.07) is 8.31. The number of benzene rings is 1. The van der Waals surface area contributed by atoms with Crippen molar-refractivity contribution in [2.24, 2.45) is 0 Å². The van der Waals surface area contributed by atoms with Gasteiger partial charge in [0.2, 0.25) is 0 Å². The fourth-order valence-electron chi connectivity index (χ4n) is 3.20. The van der Waals surface area contributed by atoms with Crippen molar-refractivity contribution in [1.82, 2.24) is 0 Å². The van der Waals surface area contributed by atoms with Gasteiger partial charge in [-0.3, -0.25) is 0 Å². The molecule has 1 aliphatic carbocycles. The van der Waals surface area contributed by atoms with Crippen LogP contribution in [-0.4, -0.2) is 6.17 Å². The molecule has 0 radical (unpaired) electrons. The van der Waals surface area contributed by atoms with Crippen LogP contribution in [0.1, 0.15) is 50.2 Å². The van der Waals surface area contributed by atoms with E-state index in [9.17, 15) is 4.39 Å². The minimum atomic E-state index is -0.742. The van der Waals surface area contributed by atoms with Crippen LogP contribution in [0, 0.1) is 6.92 Å². The first kappa shape index (κ1) is 11.6. The van der Waals surface area contributed by atoms with Crippen LogP contribution in [0.5, 0.6) is 0 Å². The lowest BCUT2D eigenvalue weighted by Crippen LogP contribution is -2.38. The maximum absolute atomic E-state index is 14.1. The highest BCUT2D eigenvalue weighted by Gasteiger charge is 2.40. The maximum atomic E-state index is 14.1. The molecule has 0 aromatic heterocycles. The summed E-state index contributed by atoms with van der Waals surface area (Å²) in [5.74, 6) is 0. The first-order chi connectivity index (χ1) is 7.67. The molecule has 2 rings (SSSR count). The molecule has 0 heterocycles. The molecule has 1 heteroatoms. The van der Waals surface area contributed by atoms with E-state index >= 15 is 0 Å². The predicted octanol–water partition coefficient (Wildman–Crippen LogP) is 4.55. The Morgan fingerprint density at radius 3 is 2.31 bits per heavy atom. The molecular formula is C15H21F. The summed E-state index contributed by atoms with van der Waals surface area (Å²) < 4.78 is 14.1. The summed E-state index contributed by atoms with van der Waals surface area (Å²) in [6.45, 7) is 3.84. The second-order valence-electron chi connectivity index (χ2n) is 5.15. The molecule has 1 unspecified atom stereocenters. The highest BCUT2D eigenvalue weighted by molar-refractivity contribution is 5.35. The van der Waals surface area contributed by atoms with Gasteiger partial charge in [-0.15, -0.1) is 0 Å². The van der Waals surface area contributed by atoms with Crippen LogP contribution in [0.2, 0.25) is 0 Å². The smallest absolute Gasteiger partial charge is 0.107 e. The van der Waals surface area contributed by atoms with Gasteiger partial charge in [0.05, 0.1) is 0 Å². The van der Waals surface area contributed by atoms with E-state index in [1.807, 2.05) is 12.1 Å². The zero-order valence-electron chi connectivity index (χ0n) is 10.3. The average Bonchev–Trinajstić information content (AvgIpc) is 2.30. The Morgan fingerprint density at radius 2 is 1.75 bits per heavy atom. The minimum absolute atomic E-state index is 0.205. The van der Waals surface area contributed by atoms with E-state index < -0.39 is 6.17 Å². The Labute approximate surface area is 97.9 Å². The topological polar surface area (TPSA) is 0 Å². The van der Waals surface area contributed by atoms with E-state index in [1.165, 1.54) is 30.4 Å². The Hall–Kier alpha value is -0.850. The van der Waals surface area contributed by atoms with Crippen LogP contribution in [0.3, 0.4) is 0 Å². The van der Waals surface area contributed by atoms with Gasteiger partial charge in [0, 0.05) is 5.41 Å². The van der Waals surface area contributed by atoms with Crippen molar-refractivity contribution in [3.63, 3.8) is 0 Å². The molecule has 0 aliphatic heterocycles. The summed E-state index contributed by atoms with van der Waals surface area (Å²) in [6.07, 6.45) is 4.88. The van der Waals surface area contributed by atoms with Crippen molar-refractivity contribution in [3.05, 3.63) is 35.4 Å². The molecular weight excluding hydrogens is 199 g/mol. The molecule has 88 valence electrons. The number of rotatable bonds is 2. The van der Waals surface area contributed by atoms with E-state index in [1.54, 1.807) is 6.92 Å². The summed E-state index contributed by atoms with van der Waals surface area (Å²) in [4.78, 5) is 0. The lowest BCUT2D eigenvalue weighted by Gasteiger charge is -2.40. The SMILES string of the molecule is Cc1ccccc1C1(C(C)F)CCCCC1. The Morgan fingerprint density at radius 1 is 1.12 bits per heavy atom. The van der Waals surface area contributed by atoms with Crippen LogP contribution in [0.25, 0.3) is 0 Å². The third-order valence-corrected chi connectivity index (χ3v) is 4.19. The predicted molar refractivity (Wildman–Crippen MR) is 66.5 cm³/mol. The zero-order valence-corrected chi connectivity index (χ0v) is 10.3. The van der Waals surface area contributed by atoms with Gasteiger partial charge in [-0.2, -0.15) is 0 Å².